The molecule has 0 saturated carbocycles. The lowest BCUT2D eigenvalue weighted by Gasteiger charge is -2.25. The van der Waals surface area contributed by atoms with Crippen molar-refractivity contribution < 1.29 is 14.4 Å². The van der Waals surface area contributed by atoms with Crippen molar-refractivity contribution in [2.24, 2.45) is 0 Å². The number of nitrogens with one attached hydrogen (secondary N) is 1. The van der Waals surface area contributed by atoms with Crippen LogP contribution in [-0.4, -0.2) is 53.0 Å². The van der Waals surface area contributed by atoms with Crippen molar-refractivity contribution in [2.45, 2.75) is 26.4 Å². The van der Waals surface area contributed by atoms with Gasteiger partial charge in [0, 0.05) is 28.2 Å². The quantitative estimate of drug-likeness (QED) is 0.685. The molecule has 1 aliphatic rings. The average molecular weight is 444 g/mol. The van der Waals surface area contributed by atoms with Crippen LogP contribution in [0.5, 0.6) is 0 Å². The third kappa shape index (κ3) is 3.92. The van der Waals surface area contributed by atoms with Gasteiger partial charge in [0.25, 0.3) is 0 Å². The molecule has 0 radical (unpaired) electrons. The highest BCUT2D eigenvalue weighted by molar-refractivity contribution is 14.1. The van der Waals surface area contributed by atoms with Crippen LogP contribution in [0.25, 0.3) is 11.0 Å². The highest BCUT2D eigenvalue weighted by Crippen LogP contribution is 2.24. The SMILES string of the molecule is CC(C)(C)OC(=O)N1CCN(c2cnc3[nH]cc(I)c3c2)CCO1. The summed E-state index contributed by atoms with van der Waals surface area (Å²) in [5, 5.41) is 2.40. The van der Waals surface area contributed by atoms with E-state index in [4.69, 9.17) is 9.57 Å². The normalized spacial score (nSPS) is 16.3. The molecule has 0 unspecified atom stereocenters. The molecule has 0 aliphatic carbocycles. The van der Waals surface area contributed by atoms with Gasteiger partial charge in [-0.1, -0.05) is 0 Å². The predicted molar refractivity (Wildman–Crippen MR) is 99.9 cm³/mol. The van der Waals surface area contributed by atoms with Gasteiger partial charge in [-0.15, -0.1) is 0 Å². The highest BCUT2D eigenvalue weighted by atomic mass is 127. The van der Waals surface area contributed by atoms with Gasteiger partial charge >= 0.3 is 6.09 Å². The monoisotopic (exact) mass is 444 g/mol. The molecule has 2 aromatic rings. The second-order valence-corrected chi connectivity index (χ2v) is 7.79. The molecular weight excluding hydrogens is 423 g/mol. The number of H-pyrrole nitrogens is 1. The van der Waals surface area contributed by atoms with Crippen LogP contribution in [0, 0.1) is 3.57 Å². The lowest BCUT2D eigenvalue weighted by atomic mass is 10.2. The number of halogens is 1. The van der Waals surface area contributed by atoms with Gasteiger partial charge in [-0.05, 0) is 49.4 Å². The third-order valence-corrected chi connectivity index (χ3v) is 4.50. The number of pyridine rings is 1. The molecule has 130 valence electrons. The number of aromatic nitrogens is 2. The Morgan fingerprint density at radius 1 is 1.38 bits per heavy atom. The Labute approximate surface area is 154 Å². The van der Waals surface area contributed by atoms with Crippen LogP contribution in [0.3, 0.4) is 0 Å². The molecule has 1 fully saturated rings. The van der Waals surface area contributed by atoms with Crippen LogP contribution < -0.4 is 4.90 Å². The summed E-state index contributed by atoms with van der Waals surface area (Å²) in [5.74, 6) is 0. The number of carbonyl (C=O) groups is 1. The maximum atomic E-state index is 12.1. The van der Waals surface area contributed by atoms with Gasteiger partial charge < -0.3 is 14.6 Å². The maximum absolute atomic E-state index is 12.1. The Balaban J connectivity index is 1.70. The minimum atomic E-state index is -0.535. The number of amides is 1. The zero-order valence-electron chi connectivity index (χ0n) is 14.0. The van der Waals surface area contributed by atoms with Crippen LogP contribution in [0.2, 0.25) is 0 Å². The molecule has 1 saturated heterocycles. The van der Waals surface area contributed by atoms with Gasteiger partial charge in [0.05, 0.1) is 25.0 Å². The number of hydrogen-bond acceptors (Lipinski definition) is 5. The van der Waals surface area contributed by atoms with Crippen molar-refractivity contribution in [3.8, 4) is 0 Å². The van der Waals surface area contributed by atoms with E-state index in [1.165, 1.54) is 5.06 Å². The van der Waals surface area contributed by atoms with Gasteiger partial charge in [-0.2, -0.15) is 5.06 Å². The largest absolute Gasteiger partial charge is 0.442 e. The number of aromatic amines is 1. The first-order valence-electron chi connectivity index (χ1n) is 7.84. The van der Waals surface area contributed by atoms with Crippen molar-refractivity contribution in [1.29, 1.82) is 0 Å². The summed E-state index contributed by atoms with van der Waals surface area (Å²) in [7, 11) is 0. The minimum Gasteiger partial charge on any atom is -0.442 e. The molecule has 1 N–H and O–H groups in total. The molecule has 0 atom stereocenters. The number of carbonyl (C=O) groups excluding carboxylic acids is 1. The standard InChI is InChI=1S/C16H21IN4O3/c1-16(2,3)24-15(22)21-5-4-20(6-7-23-21)11-8-12-13(17)10-19-14(12)18-9-11/h8-10H,4-7H2,1-3H3,(H,18,19). The average Bonchev–Trinajstić information content (AvgIpc) is 2.73. The van der Waals surface area contributed by atoms with E-state index in [-0.39, 0.29) is 0 Å². The van der Waals surface area contributed by atoms with E-state index >= 15 is 0 Å². The first-order chi connectivity index (χ1) is 11.3. The fourth-order valence-electron chi connectivity index (χ4n) is 2.50. The zero-order valence-corrected chi connectivity index (χ0v) is 16.2. The molecule has 1 aliphatic heterocycles. The summed E-state index contributed by atoms with van der Waals surface area (Å²) < 4.78 is 6.50. The molecule has 0 spiro atoms. The van der Waals surface area contributed by atoms with Gasteiger partial charge in [-0.25, -0.2) is 9.78 Å². The molecule has 24 heavy (non-hydrogen) atoms. The molecule has 3 rings (SSSR count). The lowest BCUT2D eigenvalue weighted by Crippen LogP contribution is -2.38. The Morgan fingerprint density at radius 2 is 2.17 bits per heavy atom. The number of hydrogen-bond donors (Lipinski definition) is 1. The highest BCUT2D eigenvalue weighted by Gasteiger charge is 2.25. The van der Waals surface area contributed by atoms with E-state index < -0.39 is 11.7 Å². The van der Waals surface area contributed by atoms with E-state index in [1.54, 1.807) is 0 Å². The Bertz CT molecular complexity index is 740. The molecule has 7 nitrogen and oxygen atoms in total. The van der Waals surface area contributed by atoms with Crippen LogP contribution in [0.4, 0.5) is 10.5 Å². The number of rotatable bonds is 1. The molecule has 1 amide bonds. The van der Waals surface area contributed by atoms with E-state index in [0.717, 1.165) is 20.3 Å². The van der Waals surface area contributed by atoms with E-state index in [0.29, 0.717) is 26.2 Å². The number of ether oxygens (including phenoxy) is 1. The summed E-state index contributed by atoms with van der Waals surface area (Å²) in [6.07, 6.45) is 3.34. The Morgan fingerprint density at radius 3 is 2.92 bits per heavy atom. The summed E-state index contributed by atoms with van der Waals surface area (Å²) in [6.45, 7) is 7.73. The maximum Gasteiger partial charge on any atom is 0.434 e. The second kappa shape index (κ2) is 6.75. The summed E-state index contributed by atoms with van der Waals surface area (Å²) in [4.78, 5) is 27.5. The first kappa shape index (κ1) is 17.3. The minimum absolute atomic E-state index is 0.418. The van der Waals surface area contributed by atoms with Gasteiger partial charge in [0.15, 0.2) is 0 Å². The number of hydroxylamine groups is 2. The smallest absolute Gasteiger partial charge is 0.434 e. The van der Waals surface area contributed by atoms with Crippen molar-refractivity contribution in [2.75, 3.05) is 31.1 Å². The summed E-state index contributed by atoms with van der Waals surface area (Å²) >= 11 is 2.29. The Kier molecular flexibility index (Phi) is 4.86. The fourth-order valence-corrected chi connectivity index (χ4v) is 3.06. The molecular formula is C16H21IN4O3. The number of fused-ring (bicyclic) bond motifs is 1. The van der Waals surface area contributed by atoms with Gasteiger partial charge in [0.1, 0.15) is 11.2 Å². The number of nitrogens with zero attached hydrogens (tertiary/aromatic N) is 3. The van der Waals surface area contributed by atoms with Gasteiger partial charge in [-0.3, -0.25) is 4.84 Å². The van der Waals surface area contributed by atoms with Crippen LogP contribution in [-0.2, 0) is 9.57 Å². The van der Waals surface area contributed by atoms with Crippen molar-refractivity contribution in [1.82, 2.24) is 15.0 Å². The first-order valence-corrected chi connectivity index (χ1v) is 8.92. The zero-order chi connectivity index (χ0) is 17.3. The van der Waals surface area contributed by atoms with Crippen molar-refractivity contribution in [3.63, 3.8) is 0 Å². The molecule has 8 heteroatoms. The summed E-state index contributed by atoms with van der Waals surface area (Å²) in [6, 6.07) is 2.11. The van der Waals surface area contributed by atoms with Crippen molar-refractivity contribution in [3.05, 3.63) is 22.0 Å². The topological polar surface area (TPSA) is 70.7 Å². The number of anilines is 1. The molecule has 0 aromatic carbocycles. The van der Waals surface area contributed by atoms with Crippen LogP contribution in [0.15, 0.2) is 18.5 Å². The molecule has 0 bridgehead atoms. The van der Waals surface area contributed by atoms with Crippen LogP contribution in [0.1, 0.15) is 20.8 Å². The molecule has 2 aromatic heterocycles. The van der Waals surface area contributed by atoms with Crippen molar-refractivity contribution >= 4 is 45.4 Å². The van der Waals surface area contributed by atoms with Crippen LogP contribution >= 0.6 is 22.6 Å². The lowest BCUT2D eigenvalue weighted by molar-refractivity contribution is -0.137. The third-order valence-electron chi connectivity index (χ3n) is 3.61. The van der Waals surface area contributed by atoms with Gasteiger partial charge in [0.2, 0.25) is 0 Å². The fraction of sp³-hybridized carbons (Fsp3) is 0.500. The second-order valence-electron chi connectivity index (χ2n) is 6.63. The van der Waals surface area contributed by atoms with E-state index in [2.05, 4.69) is 43.5 Å². The van der Waals surface area contributed by atoms with E-state index in [9.17, 15) is 4.79 Å². The Hall–Kier alpha value is -1.55. The van der Waals surface area contributed by atoms with E-state index in [1.807, 2.05) is 33.2 Å². The molecule has 3 heterocycles. The predicted octanol–water partition coefficient (Wildman–Crippen LogP) is 3.16. The summed E-state index contributed by atoms with van der Waals surface area (Å²) in [5.41, 5.74) is 1.37.